The fraction of sp³-hybridized carbons (Fsp3) is 0.278. The Morgan fingerprint density at radius 3 is 2.69 bits per heavy atom. The molecule has 136 valence electrons. The first-order chi connectivity index (χ1) is 12.5. The number of nitro groups is 1. The minimum absolute atomic E-state index is 0.0352. The second kappa shape index (κ2) is 8.16. The highest BCUT2D eigenvalue weighted by Gasteiger charge is 2.19. The molecule has 8 heteroatoms. The van der Waals surface area contributed by atoms with Gasteiger partial charge in [0.1, 0.15) is 12.4 Å². The van der Waals surface area contributed by atoms with Gasteiger partial charge in [-0.3, -0.25) is 10.1 Å². The Balaban J connectivity index is 1.64. The second-order valence-electron chi connectivity index (χ2n) is 5.73. The van der Waals surface area contributed by atoms with Gasteiger partial charge in [-0.25, -0.2) is 4.79 Å². The van der Waals surface area contributed by atoms with E-state index >= 15 is 0 Å². The molecule has 3 rings (SSSR count). The maximum atomic E-state index is 12.0. The average molecular weight is 378 g/mol. The van der Waals surface area contributed by atoms with Crippen molar-refractivity contribution in [2.75, 3.05) is 13.2 Å². The van der Waals surface area contributed by atoms with Gasteiger partial charge in [-0.1, -0.05) is 11.6 Å². The minimum atomic E-state index is -0.571. The van der Waals surface area contributed by atoms with Gasteiger partial charge < -0.3 is 14.2 Å². The molecule has 0 radical (unpaired) electrons. The normalized spacial score (nSPS) is 16.3. The number of esters is 1. The van der Waals surface area contributed by atoms with Gasteiger partial charge in [0.15, 0.2) is 0 Å². The van der Waals surface area contributed by atoms with Crippen molar-refractivity contribution in [1.29, 1.82) is 0 Å². The number of nitro benzene ring substituents is 1. The molecule has 1 heterocycles. The van der Waals surface area contributed by atoms with Crippen molar-refractivity contribution in [2.24, 2.45) is 0 Å². The van der Waals surface area contributed by atoms with Gasteiger partial charge in [0.05, 0.1) is 16.6 Å². The number of carbonyl (C=O) groups is 1. The quantitative estimate of drug-likeness (QED) is 0.422. The van der Waals surface area contributed by atoms with Crippen LogP contribution in [0.2, 0.25) is 5.02 Å². The van der Waals surface area contributed by atoms with Crippen LogP contribution in [0.1, 0.15) is 23.2 Å². The number of hydrogen-bond donors (Lipinski definition) is 0. The van der Waals surface area contributed by atoms with E-state index in [2.05, 4.69) is 0 Å². The Hall–Kier alpha value is -2.64. The second-order valence-corrected chi connectivity index (χ2v) is 6.17. The molecular weight excluding hydrogens is 362 g/mol. The first kappa shape index (κ1) is 18.2. The highest BCUT2D eigenvalue weighted by atomic mass is 35.5. The molecule has 0 saturated carbocycles. The first-order valence-electron chi connectivity index (χ1n) is 8.03. The van der Waals surface area contributed by atoms with E-state index in [1.54, 1.807) is 12.1 Å². The summed E-state index contributed by atoms with van der Waals surface area (Å²) in [6, 6.07) is 10.3. The van der Waals surface area contributed by atoms with Crippen molar-refractivity contribution < 1.29 is 23.9 Å². The SMILES string of the molecule is O=C(OCC1CCCO1)c1ccc(Oc2ccc(Cl)cc2[N+](=O)[O-])cc1. The van der Waals surface area contributed by atoms with E-state index in [9.17, 15) is 14.9 Å². The number of carbonyl (C=O) groups excluding carboxylic acids is 1. The Bertz CT molecular complexity index is 802. The monoisotopic (exact) mass is 377 g/mol. The molecule has 2 aromatic rings. The Kier molecular flexibility index (Phi) is 5.70. The summed E-state index contributed by atoms with van der Waals surface area (Å²) >= 11 is 5.78. The van der Waals surface area contributed by atoms with Crippen LogP contribution in [0, 0.1) is 10.1 Å². The van der Waals surface area contributed by atoms with E-state index in [0.29, 0.717) is 17.9 Å². The lowest BCUT2D eigenvalue weighted by molar-refractivity contribution is -0.385. The van der Waals surface area contributed by atoms with E-state index in [4.69, 9.17) is 25.8 Å². The summed E-state index contributed by atoms with van der Waals surface area (Å²) in [6.07, 6.45) is 1.83. The van der Waals surface area contributed by atoms with Gasteiger partial charge in [-0.15, -0.1) is 0 Å². The van der Waals surface area contributed by atoms with Gasteiger partial charge in [0, 0.05) is 17.7 Å². The average Bonchev–Trinajstić information content (AvgIpc) is 3.15. The molecule has 7 nitrogen and oxygen atoms in total. The fourth-order valence-electron chi connectivity index (χ4n) is 2.53. The van der Waals surface area contributed by atoms with E-state index in [0.717, 1.165) is 12.8 Å². The fourth-order valence-corrected chi connectivity index (χ4v) is 2.70. The van der Waals surface area contributed by atoms with Crippen LogP contribution in [0.3, 0.4) is 0 Å². The van der Waals surface area contributed by atoms with Gasteiger partial charge >= 0.3 is 11.7 Å². The van der Waals surface area contributed by atoms with Crippen molar-refractivity contribution in [3.8, 4) is 11.5 Å². The number of ether oxygens (including phenoxy) is 3. The first-order valence-corrected chi connectivity index (χ1v) is 8.41. The highest BCUT2D eigenvalue weighted by molar-refractivity contribution is 6.30. The van der Waals surface area contributed by atoms with E-state index in [-0.39, 0.29) is 29.2 Å². The minimum Gasteiger partial charge on any atom is -0.459 e. The third-order valence-electron chi connectivity index (χ3n) is 3.86. The Labute approximate surface area is 154 Å². The zero-order chi connectivity index (χ0) is 18.5. The van der Waals surface area contributed by atoms with Crippen molar-refractivity contribution >= 4 is 23.3 Å². The van der Waals surface area contributed by atoms with Crippen LogP contribution in [-0.2, 0) is 9.47 Å². The van der Waals surface area contributed by atoms with Crippen LogP contribution in [0.25, 0.3) is 0 Å². The smallest absolute Gasteiger partial charge is 0.338 e. The molecule has 1 unspecified atom stereocenters. The number of hydrogen-bond acceptors (Lipinski definition) is 6. The molecule has 0 N–H and O–H groups in total. The molecule has 1 saturated heterocycles. The summed E-state index contributed by atoms with van der Waals surface area (Å²) < 4.78 is 16.2. The third-order valence-corrected chi connectivity index (χ3v) is 4.09. The number of rotatable bonds is 6. The molecule has 0 spiro atoms. The molecular formula is C18H16ClNO6. The van der Waals surface area contributed by atoms with Crippen molar-refractivity contribution in [3.05, 3.63) is 63.2 Å². The molecule has 1 aliphatic rings. The van der Waals surface area contributed by atoms with Crippen molar-refractivity contribution in [3.63, 3.8) is 0 Å². The topological polar surface area (TPSA) is 87.9 Å². The van der Waals surface area contributed by atoms with Crippen LogP contribution in [0.5, 0.6) is 11.5 Å². The molecule has 1 fully saturated rings. The van der Waals surface area contributed by atoms with Crippen LogP contribution in [0.4, 0.5) is 5.69 Å². The van der Waals surface area contributed by atoms with Crippen LogP contribution in [0.15, 0.2) is 42.5 Å². The molecule has 2 aromatic carbocycles. The summed E-state index contributed by atoms with van der Waals surface area (Å²) in [6.45, 7) is 0.930. The van der Waals surface area contributed by atoms with Gasteiger partial charge in [-0.05, 0) is 49.2 Å². The molecule has 0 aliphatic carbocycles. The standard InChI is InChI=1S/C18H16ClNO6/c19-13-5-8-17(16(10-13)20(22)23)26-14-6-3-12(4-7-14)18(21)25-11-15-2-1-9-24-15/h3-8,10,15H,1-2,9,11H2. The number of benzene rings is 2. The van der Waals surface area contributed by atoms with Crippen molar-refractivity contribution in [2.45, 2.75) is 18.9 Å². The largest absolute Gasteiger partial charge is 0.459 e. The lowest BCUT2D eigenvalue weighted by atomic mass is 10.2. The summed E-state index contributed by atoms with van der Waals surface area (Å²) in [5.74, 6) is -0.0382. The van der Waals surface area contributed by atoms with Gasteiger partial charge in [-0.2, -0.15) is 0 Å². The summed E-state index contributed by atoms with van der Waals surface area (Å²) in [7, 11) is 0. The lowest BCUT2D eigenvalue weighted by Gasteiger charge is -2.10. The van der Waals surface area contributed by atoms with Gasteiger partial charge in [0.25, 0.3) is 0 Å². The molecule has 0 amide bonds. The van der Waals surface area contributed by atoms with E-state index in [1.165, 1.54) is 30.3 Å². The van der Waals surface area contributed by atoms with Crippen LogP contribution >= 0.6 is 11.6 Å². The van der Waals surface area contributed by atoms with Crippen LogP contribution in [-0.4, -0.2) is 30.2 Å². The number of halogens is 1. The predicted octanol–water partition coefficient (Wildman–Crippen LogP) is 4.38. The molecule has 1 atom stereocenters. The lowest BCUT2D eigenvalue weighted by Crippen LogP contribution is -2.17. The van der Waals surface area contributed by atoms with Gasteiger partial charge in [0.2, 0.25) is 5.75 Å². The Morgan fingerprint density at radius 2 is 2.04 bits per heavy atom. The Morgan fingerprint density at radius 1 is 1.27 bits per heavy atom. The third kappa shape index (κ3) is 4.50. The van der Waals surface area contributed by atoms with E-state index in [1.807, 2.05) is 0 Å². The zero-order valence-corrected chi connectivity index (χ0v) is 14.5. The molecule has 26 heavy (non-hydrogen) atoms. The molecule has 1 aliphatic heterocycles. The maximum absolute atomic E-state index is 12.0. The summed E-state index contributed by atoms with van der Waals surface area (Å²) in [4.78, 5) is 22.5. The molecule has 0 aromatic heterocycles. The summed E-state index contributed by atoms with van der Waals surface area (Å²) in [5.41, 5.74) is 0.124. The van der Waals surface area contributed by atoms with E-state index < -0.39 is 10.9 Å². The summed E-state index contributed by atoms with van der Waals surface area (Å²) in [5, 5.41) is 11.3. The van der Waals surface area contributed by atoms with Crippen molar-refractivity contribution in [1.82, 2.24) is 0 Å². The number of nitrogens with zero attached hydrogens (tertiary/aromatic N) is 1. The highest BCUT2D eigenvalue weighted by Crippen LogP contribution is 2.33. The zero-order valence-electron chi connectivity index (χ0n) is 13.7. The van der Waals surface area contributed by atoms with Crippen LogP contribution < -0.4 is 4.74 Å². The molecule has 0 bridgehead atoms. The predicted molar refractivity (Wildman–Crippen MR) is 93.9 cm³/mol. The maximum Gasteiger partial charge on any atom is 0.338 e.